The summed E-state index contributed by atoms with van der Waals surface area (Å²) in [5, 5.41) is 2.80. The SMILES string of the molecule is Cc1cc(F)ccc1-c1ccc(N)c(NC(=O)N2CC(Cc3nccnc3C)C2)n1. The number of hydrogen-bond donors (Lipinski definition) is 2. The van der Waals surface area contributed by atoms with Crippen LogP contribution < -0.4 is 11.1 Å². The van der Waals surface area contributed by atoms with Gasteiger partial charge < -0.3 is 10.6 Å². The number of nitrogens with two attached hydrogens (primary N) is 1. The van der Waals surface area contributed by atoms with Gasteiger partial charge in [0, 0.05) is 31.0 Å². The number of carbonyl (C=O) groups excluding carboxylic acids is 1. The highest BCUT2D eigenvalue weighted by molar-refractivity contribution is 5.92. The van der Waals surface area contributed by atoms with E-state index in [2.05, 4.69) is 20.3 Å². The van der Waals surface area contributed by atoms with Crippen molar-refractivity contribution < 1.29 is 9.18 Å². The van der Waals surface area contributed by atoms with Crippen LogP contribution in [0.3, 0.4) is 0 Å². The summed E-state index contributed by atoms with van der Waals surface area (Å²) in [5.41, 5.74) is 10.4. The van der Waals surface area contributed by atoms with Crippen LogP contribution in [0.4, 0.5) is 20.7 Å². The van der Waals surface area contributed by atoms with Gasteiger partial charge in [0.05, 0.1) is 22.8 Å². The molecule has 1 saturated heterocycles. The fourth-order valence-electron chi connectivity index (χ4n) is 3.59. The second kappa shape index (κ2) is 8.06. The lowest BCUT2D eigenvalue weighted by Crippen LogP contribution is -2.52. The molecule has 8 heteroatoms. The molecule has 0 unspecified atom stereocenters. The number of amides is 2. The van der Waals surface area contributed by atoms with E-state index in [1.807, 2.05) is 13.8 Å². The van der Waals surface area contributed by atoms with E-state index in [0.29, 0.717) is 36.2 Å². The van der Waals surface area contributed by atoms with Gasteiger partial charge in [0.1, 0.15) is 5.82 Å². The Morgan fingerprint density at radius 2 is 1.97 bits per heavy atom. The van der Waals surface area contributed by atoms with Gasteiger partial charge in [-0.25, -0.2) is 14.2 Å². The molecule has 0 spiro atoms. The van der Waals surface area contributed by atoms with Crippen molar-refractivity contribution >= 4 is 17.5 Å². The molecule has 0 radical (unpaired) electrons. The van der Waals surface area contributed by atoms with E-state index >= 15 is 0 Å². The van der Waals surface area contributed by atoms with Crippen LogP contribution in [0.1, 0.15) is 17.0 Å². The second-order valence-corrected chi connectivity index (χ2v) is 7.59. The van der Waals surface area contributed by atoms with Gasteiger partial charge in [-0.1, -0.05) is 0 Å². The van der Waals surface area contributed by atoms with Gasteiger partial charge in [0.25, 0.3) is 0 Å². The van der Waals surface area contributed by atoms with Gasteiger partial charge in [-0.05, 0) is 62.1 Å². The van der Waals surface area contributed by atoms with E-state index in [0.717, 1.165) is 28.9 Å². The quantitative estimate of drug-likeness (QED) is 0.690. The molecule has 1 aromatic carbocycles. The summed E-state index contributed by atoms with van der Waals surface area (Å²) >= 11 is 0. The van der Waals surface area contributed by atoms with Crippen molar-refractivity contribution in [3.8, 4) is 11.3 Å². The fraction of sp³-hybridized carbons (Fsp3) is 0.273. The zero-order chi connectivity index (χ0) is 21.3. The van der Waals surface area contributed by atoms with Crippen molar-refractivity contribution in [2.75, 3.05) is 24.1 Å². The van der Waals surface area contributed by atoms with Crippen molar-refractivity contribution in [2.45, 2.75) is 20.3 Å². The number of likely N-dealkylation sites (tertiary alicyclic amines) is 1. The van der Waals surface area contributed by atoms with Crippen LogP contribution in [-0.4, -0.2) is 39.0 Å². The lowest BCUT2D eigenvalue weighted by molar-refractivity contribution is 0.130. The molecular formula is C22H23FN6O. The molecule has 1 aliphatic rings. The number of urea groups is 1. The van der Waals surface area contributed by atoms with Gasteiger partial charge in [-0.15, -0.1) is 0 Å². The molecule has 7 nitrogen and oxygen atoms in total. The Bertz CT molecular complexity index is 1100. The predicted molar refractivity (Wildman–Crippen MR) is 113 cm³/mol. The van der Waals surface area contributed by atoms with Crippen molar-refractivity contribution in [1.82, 2.24) is 19.9 Å². The second-order valence-electron chi connectivity index (χ2n) is 7.59. The van der Waals surface area contributed by atoms with Crippen LogP contribution in [0.2, 0.25) is 0 Å². The zero-order valence-corrected chi connectivity index (χ0v) is 16.9. The monoisotopic (exact) mass is 406 g/mol. The normalized spacial score (nSPS) is 13.8. The maximum atomic E-state index is 13.4. The minimum Gasteiger partial charge on any atom is -0.396 e. The van der Waals surface area contributed by atoms with E-state index in [4.69, 9.17) is 5.73 Å². The predicted octanol–water partition coefficient (Wildman–Crippen LogP) is 3.58. The molecule has 154 valence electrons. The molecule has 0 atom stereocenters. The van der Waals surface area contributed by atoms with Crippen LogP contribution >= 0.6 is 0 Å². The molecule has 0 aliphatic carbocycles. The highest BCUT2D eigenvalue weighted by Crippen LogP contribution is 2.27. The van der Waals surface area contributed by atoms with Crippen LogP contribution in [-0.2, 0) is 6.42 Å². The number of halogens is 1. The topological polar surface area (TPSA) is 97.0 Å². The Morgan fingerprint density at radius 1 is 1.20 bits per heavy atom. The van der Waals surface area contributed by atoms with Crippen LogP contribution in [0.5, 0.6) is 0 Å². The largest absolute Gasteiger partial charge is 0.396 e. The number of aromatic nitrogens is 3. The number of nitrogens with zero attached hydrogens (tertiary/aromatic N) is 4. The Kier molecular flexibility index (Phi) is 5.31. The van der Waals surface area contributed by atoms with E-state index in [9.17, 15) is 9.18 Å². The zero-order valence-electron chi connectivity index (χ0n) is 16.9. The number of rotatable bonds is 4. The number of nitrogens with one attached hydrogen (secondary N) is 1. The average Bonchev–Trinajstić information content (AvgIpc) is 2.67. The number of nitrogen functional groups attached to an aromatic ring is 1. The van der Waals surface area contributed by atoms with Gasteiger partial charge in [0.15, 0.2) is 5.82 Å². The van der Waals surface area contributed by atoms with E-state index < -0.39 is 0 Å². The van der Waals surface area contributed by atoms with Crippen molar-refractivity contribution in [1.29, 1.82) is 0 Å². The number of benzene rings is 1. The fourth-order valence-corrected chi connectivity index (χ4v) is 3.59. The molecule has 4 rings (SSSR count). The molecule has 2 amide bonds. The van der Waals surface area contributed by atoms with Crippen molar-refractivity contribution in [3.05, 3.63) is 65.5 Å². The third-order valence-corrected chi connectivity index (χ3v) is 5.33. The Balaban J connectivity index is 1.41. The smallest absolute Gasteiger partial charge is 0.323 e. The number of hydrogen-bond acceptors (Lipinski definition) is 5. The van der Waals surface area contributed by atoms with Crippen LogP contribution in [0.15, 0.2) is 42.7 Å². The molecule has 3 aromatic rings. The maximum Gasteiger partial charge on any atom is 0.323 e. The summed E-state index contributed by atoms with van der Waals surface area (Å²) in [6.07, 6.45) is 4.16. The number of anilines is 2. The van der Waals surface area contributed by atoms with Crippen molar-refractivity contribution in [2.24, 2.45) is 5.92 Å². The molecule has 3 N–H and O–H groups in total. The lowest BCUT2D eigenvalue weighted by Gasteiger charge is -2.39. The minimum atomic E-state index is -0.302. The first-order chi connectivity index (χ1) is 14.4. The highest BCUT2D eigenvalue weighted by Gasteiger charge is 2.31. The summed E-state index contributed by atoms with van der Waals surface area (Å²) < 4.78 is 13.4. The van der Waals surface area contributed by atoms with Crippen LogP contribution in [0.25, 0.3) is 11.3 Å². The Hall–Kier alpha value is -3.55. The molecule has 3 heterocycles. The molecular weight excluding hydrogens is 383 g/mol. The number of pyridine rings is 1. The number of carbonyl (C=O) groups is 1. The maximum absolute atomic E-state index is 13.4. The summed E-state index contributed by atoms with van der Waals surface area (Å²) in [4.78, 5) is 27.4. The Morgan fingerprint density at radius 3 is 2.70 bits per heavy atom. The summed E-state index contributed by atoms with van der Waals surface area (Å²) in [6, 6.07) is 7.71. The summed E-state index contributed by atoms with van der Waals surface area (Å²) in [5.74, 6) is 0.350. The molecule has 0 bridgehead atoms. The first kappa shape index (κ1) is 19.8. The van der Waals surface area contributed by atoms with Gasteiger partial charge in [-0.3, -0.25) is 15.3 Å². The highest BCUT2D eigenvalue weighted by atomic mass is 19.1. The third kappa shape index (κ3) is 4.07. The van der Waals surface area contributed by atoms with Gasteiger partial charge >= 0.3 is 6.03 Å². The molecule has 2 aromatic heterocycles. The standard InChI is InChI=1S/C22H23FN6O/c1-13-9-16(23)3-4-17(13)19-6-5-18(24)21(27-19)28-22(30)29-11-15(12-29)10-20-14(2)25-7-8-26-20/h3-9,15H,10-12,24H2,1-2H3,(H,27,28,30). The minimum absolute atomic E-state index is 0.241. The first-order valence-electron chi connectivity index (χ1n) is 9.76. The van der Waals surface area contributed by atoms with Crippen molar-refractivity contribution in [3.63, 3.8) is 0 Å². The Labute approximate surface area is 174 Å². The summed E-state index contributed by atoms with van der Waals surface area (Å²) in [6.45, 7) is 5.03. The molecule has 30 heavy (non-hydrogen) atoms. The number of aryl methyl sites for hydroxylation is 2. The van der Waals surface area contributed by atoms with Gasteiger partial charge in [0.2, 0.25) is 0 Å². The molecule has 1 aliphatic heterocycles. The summed E-state index contributed by atoms with van der Waals surface area (Å²) in [7, 11) is 0. The van der Waals surface area contributed by atoms with Gasteiger partial charge in [-0.2, -0.15) is 0 Å². The first-order valence-corrected chi connectivity index (χ1v) is 9.76. The third-order valence-electron chi connectivity index (χ3n) is 5.33. The molecule has 0 saturated carbocycles. The van der Waals surface area contributed by atoms with E-state index in [-0.39, 0.29) is 11.8 Å². The lowest BCUT2D eigenvalue weighted by atomic mass is 9.94. The van der Waals surface area contributed by atoms with E-state index in [1.54, 1.807) is 35.5 Å². The van der Waals surface area contributed by atoms with Crippen LogP contribution in [0, 0.1) is 25.6 Å². The average molecular weight is 406 g/mol. The molecule has 1 fully saturated rings. The van der Waals surface area contributed by atoms with E-state index in [1.165, 1.54) is 12.1 Å².